The van der Waals surface area contributed by atoms with E-state index in [0.717, 1.165) is 97.9 Å². The molecule has 11 nitrogen and oxygen atoms in total. The first-order valence-corrected chi connectivity index (χ1v) is 34.6. The number of benzene rings is 8. The maximum Gasteiger partial charge on any atom is 0.164 e. The van der Waals surface area contributed by atoms with E-state index in [2.05, 4.69) is 207 Å². The number of carbonyl (C=O) groups excluding carboxylic acids is 4. The van der Waals surface area contributed by atoms with Crippen molar-refractivity contribution in [1.29, 1.82) is 0 Å². The SMILES string of the molecule is CI.CN(C)CCCn1c2ccc(C(=O)CCCl)cc2c2cc(C(=O)CCCl)ccc21.CN(C)CCCn1c2ccc3c(c2c2c4c(ccc21)C(=O)CC4)CCC3=O.CN(C)CCCn1c2ccccc2c2ccccc21.c1ccc2c(c1)[nH]c1ccccc12. The predicted molar refractivity (Wildman–Crippen MR) is 388 cm³/mol. The smallest absolute Gasteiger partial charge is 0.164 e. The lowest BCUT2D eigenvalue weighted by molar-refractivity contribution is 0.0981. The number of hydrogen-bond donors (Lipinski definition) is 1. The Morgan fingerprint density at radius 1 is 0.422 bits per heavy atom. The second kappa shape index (κ2) is 30.3. The van der Waals surface area contributed by atoms with Crippen molar-refractivity contribution in [3.63, 3.8) is 0 Å². The summed E-state index contributed by atoms with van der Waals surface area (Å²) in [6.07, 6.45) is 6.73. The number of aryl methyl sites for hydroxylation is 5. The quantitative estimate of drug-likeness (QED) is 0.0518. The Morgan fingerprint density at radius 2 is 0.756 bits per heavy atom. The van der Waals surface area contributed by atoms with Gasteiger partial charge in [-0.2, -0.15) is 0 Å². The summed E-state index contributed by atoms with van der Waals surface area (Å²) < 4.78 is 7.13. The lowest BCUT2D eigenvalue weighted by atomic mass is 9.98. The van der Waals surface area contributed by atoms with Gasteiger partial charge < -0.3 is 33.4 Å². The molecule has 2 aliphatic rings. The van der Waals surface area contributed by atoms with Crippen LogP contribution in [-0.4, -0.2) is 135 Å². The van der Waals surface area contributed by atoms with Crippen molar-refractivity contribution < 1.29 is 19.2 Å². The number of nitrogens with one attached hydrogen (secondary N) is 1. The van der Waals surface area contributed by atoms with Crippen LogP contribution in [-0.2, 0) is 32.5 Å². The predicted octanol–water partition coefficient (Wildman–Crippen LogP) is 17.5. The van der Waals surface area contributed by atoms with Gasteiger partial charge in [-0.3, -0.25) is 19.2 Å². The van der Waals surface area contributed by atoms with Crippen molar-refractivity contribution in [2.75, 3.05) is 78.6 Å². The minimum absolute atomic E-state index is 0.0322. The first-order chi connectivity index (χ1) is 43.7. The Labute approximate surface area is 552 Å². The molecule has 0 aliphatic heterocycles. The van der Waals surface area contributed by atoms with E-state index in [-0.39, 0.29) is 23.1 Å². The van der Waals surface area contributed by atoms with Gasteiger partial charge in [-0.1, -0.05) is 95.4 Å². The van der Waals surface area contributed by atoms with Gasteiger partial charge >= 0.3 is 0 Å². The fraction of sp³-hybridized carbons (Fsp3) is 0.316. The molecule has 0 radical (unpaired) electrons. The molecule has 12 aromatic rings. The van der Waals surface area contributed by atoms with Gasteiger partial charge in [-0.15, -0.1) is 23.2 Å². The maximum absolute atomic E-state index is 12.4. The molecule has 14 heteroatoms. The van der Waals surface area contributed by atoms with Crippen LogP contribution >= 0.6 is 45.8 Å². The molecule has 466 valence electrons. The lowest BCUT2D eigenvalue weighted by Crippen LogP contribution is -2.15. The average Bonchev–Trinajstić information content (AvgIpc) is 1.57. The van der Waals surface area contributed by atoms with E-state index in [9.17, 15) is 19.2 Å². The van der Waals surface area contributed by atoms with Gasteiger partial charge in [-0.25, -0.2) is 0 Å². The van der Waals surface area contributed by atoms with Crippen LogP contribution in [0.15, 0.2) is 158 Å². The molecule has 0 fully saturated rings. The normalized spacial score (nSPS) is 12.7. The summed E-state index contributed by atoms with van der Waals surface area (Å²) in [6, 6.07) is 54.1. The first-order valence-electron chi connectivity index (χ1n) is 31.4. The van der Waals surface area contributed by atoms with Crippen LogP contribution in [0.4, 0.5) is 0 Å². The van der Waals surface area contributed by atoms with Crippen molar-refractivity contribution >= 4 is 156 Å². The monoisotopic (exact) mass is 1350 g/mol. The Balaban J connectivity index is 0.000000135. The molecule has 0 atom stereocenters. The molecule has 0 bridgehead atoms. The highest BCUT2D eigenvalue weighted by molar-refractivity contribution is 14.1. The molecule has 2 aliphatic carbocycles. The Morgan fingerprint density at radius 3 is 1.13 bits per heavy atom. The van der Waals surface area contributed by atoms with E-state index in [1.54, 1.807) is 0 Å². The number of alkyl halides is 3. The maximum atomic E-state index is 12.4. The van der Waals surface area contributed by atoms with Crippen molar-refractivity contribution in [1.82, 2.24) is 33.4 Å². The molecule has 0 saturated heterocycles. The molecule has 0 spiro atoms. The van der Waals surface area contributed by atoms with E-state index in [0.29, 0.717) is 48.6 Å². The van der Waals surface area contributed by atoms with Crippen molar-refractivity contribution in [2.24, 2.45) is 0 Å². The van der Waals surface area contributed by atoms with Crippen LogP contribution < -0.4 is 0 Å². The van der Waals surface area contributed by atoms with Gasteiger partial charge in [0.15, 0.2) is 23.1 Å². The van der Waals surface area contributed by atoms with Gasteiger partial charge in [0.2, 0.25) is 0 Å². The number of H-pyrrole nitrogens is 1. The van der Waals surface area contributed by atoms with Crippen LogP contribution in [0.3, 0.4) is 0 Å². The average molecular weight is 1360 g/mol. The molecule has 0 saturated carbocycles. The topological polar surface area (TPSA) is 109 Å². The standard InChI is InChI=1S/C23H26Cl2N2O2.C23H24N2O2.C17H20N2.C12H9N.CH3I/c1-26(2)12-3-13-27-20-6-4-16(22(28)8-10-24)14-18(20)19-15-17(5-7-21(19)27)23(29)9-11-25;1-24(2)12-3-13-25-18-8-4-14-16(6-10-20(14)26)22(18)23-17-7-11-21(27)15(17)5-9-19(23)25;1-18(2)12-7-13-19-16-10-5-3-8-14(16)15-9-4-6-11-17(15)19;1-3-7-11-9(5-1)10-6-2-4-8-12(10)13-11;1-2/h4-7,14-15H,3,8-13H2,1-2H3;4-5,8-9H,3,6-7,10-13H2,1-2H3;3-6,8-11H,7,12-13H2,1-2H3;1-8,13H;1H3. The summed E-state index contributed by atoms with van der Waals surface area (Å²) in [7, 11) is 12.6. The van der Waals surface area contributed by atoms with E-state index in [4.69, 9.17) is 23.2 Å². The summed E-state index contributed by atoms with van der Waals surface area (Å²) >= 11 is 13.7. The number of aromatic amines is 1. The number of fused-ring (bicyclic) bond motifs is 16. The summed E-state index contributed by atoms with van der Waals surface area (Å²) in [5.74, 6) is 1.18. The zero-order valence-electron chi connectivity index (χ0n) is 53.0. The molecule has 90 heavy (non-hydrogen) atoms. The van der Waals surface area contributed by atoms with Crippen molar-refractivity contribution in [3.8, 4) is 0 Å². The summed E-state index contributed by atoms with van der Waals surface area (Å²) in [4.78, 5) is 61.4. The Kier molecular flexibility index (Phi) is 22.1. The molecule has 4 aromatic heterocycles. The van der Waals surface area contributed by atoms with Gasteiger partial charge in [0.05, 0.1) is 0 Å². The number of hydrogen-bond acceptors (Lipinski definition) is 7. The third-order valence-corrected chi connectivity index (χ3v) is 17.8. The van der Waals surface area contributed by atoms with Crippen LogP contribution in [0.25, 0.3) is 87.2 Å². The minimum atomic E-state index is 0.0322. The van der Waals surface area contributed by atoms with Crippen LogP contribution in [0, 0.1) is 0 Å². The second-order valence-corrected chi connectivity index (χ2v) is 24.9. The van der Waals surface area contributed by atoms with Gasteiger partial charge in [0, 0.05) is 167 Å². The number of para-hydroxylation sites is 4. The molecule has 1 N–H and O–H groups in total. The minimum Gasteiger partial charge on any atom is -0.355 e. The summed E-state index contributed by atoms with van der Waals surface area (Å²) in [6.45, 7) is 6.03. The third-order valence-electron chi connectivity index (χ3n) is 17.4. The Hall–Kier alpha value is -7.17. The van der Waals surface area contributed by atoms with E-state index in [1.165, 1.54) is 83.0 Å². The van der Waals surface area contributed by atoms with Crippen LogP contribution in [0.2, 0.25) is 0 Å². The number of carbonyl (C=O) groups is 4. The number of nitrogens with zero attached hydrogens (tertiary/aromatic N) is 6. The first kappa shape index (κ1) is 65.8. The van der Waals surface area contributed by atoms with Gasteiger partial charge in [0.25, 0.3) is 0 Å². The summed E-state index contributed by atoms with van der Waals surface area (Å²) in [5, 5.41) is 9.77. The molecule has 8 aromatic carbocycles. The second-order valence-electron chi connectivity index (χ2n) is 24.2. The highest BCUT2D eigenvalue weighted by atomic mass is 127. The molecule has 0 amide bonds. The molecule has 4 heterocycles. The highest BCUT2D eigenvalue weighted by Crippen LogP contribution is 2.42. The number of halogens is 3. The fourth-order valence-corrected chi connectivity index (χ4v) is 13.6. The molecular weight excluding hydrogens is 1270 g/mol. The van der Waals surface area contributed by atoms with E-state index >= 15 is 0 Å². The Bertz CT molecular complexity index is 4310. The third kappa shape index (κ3) is 14.1. The largest absolute Gasteiger partial charge is 0.355 e. The zero-order valence-corrected chi connectivity index (χ0v) is 56.7. The molecule has 14 rings (SSSR count). The number of aromatic nitrogens is 4. The van der Waals surface area contributed by atoms with Crippen LogP contribution in [0.5, 0.6) is 0 Å². The molecule has 0 unspecified atom stereocenters. The fourth-order valence-electron chi connectivity index (χ4n) is 13.3. The highest BCUT2D eigenvalue weighted by Gasteiger charge is 2.29. The summed E-state index contributed by atoms with van der Waals surface area (Å²) in [5.41, 5.74) is 15.2. The van der Waals surface area contributed by atoms with Crippen molar-refractivity contribution in [3.05, 3.63) is 191 Å². The van der Waals surface area contributed by atoms with E-state index < -0.39 is 0 Å². The number of rotatable bonds is 18. The number of Topliss-reactive ketones (excluding diaryl/α,β-unsaturated/α-hetero) is 4. The lowest BCUT2D eigenvalue weighted by Gasteiger charge is -2.12. The van der Waals surface area contributed by atoms with Gasteiger partial charge in [-0.05, 0) is 195 Å². The number of ketones is 4. The zero-order chi connectivity index (χ0) is 63.6. The van der Waals surface area contributed by atoms with Crippen molar-refractivity contribution in [2.45, 2.75) is 77.4 Å². The van der Waals surface area contributed by atoms with Crippen LogP contribution in [0.1, 0.15) is 97.5 Å². The van der Waals surface area contributed by atoms with Gasteiger partial charge in [0.1, 0.15) is 0 Å². The van der Waals surface area contributed by atoms with E-state index in [1.807, 2.05) is 53.5 Å². The molecular formula is C76H82Cl2IN7O4.